The number of carbonyl (C=O) groups excluding carboxylic acids is 1. The molecular formula is C16H15NO2S. The molecule has 20 heavy (non-hydrogen) atoms. The van der Waals surface area contributed by atoms with Crippen LogP contribution in [0.4, 0.5) is 11.4 Å². The van der Waals surface area contributed by atoms with Gasteiger partial charge in [0.25, 0.3) is 0 Å². The fraction of sp³-hybridized carbons (Fsp3) is 0.188. The summed E-state index contributed by atoms with van der Waals surface area (Å²) in [6.45, 7) is 2.47. The van der Waals surface area contributed by atoms with E-state index < -0.39 is 0 Å². The van der Waals surface area contributed by atoms with E-state index in [1.165, 1.54) is 0 Å². The highest BCUT2D eigenvalue weighted by atomic mass is 32.2. The molecule has 2 aromatic carbocycles. The van der Waals surface area contributed by atoms with Gasteiger partial charge in [0.2, 0.25) is 0 Å². The van der Waals surface area contributed by atoms with Crippen molar-refractivity contribution in [3.05, 3.63) is 48.5 Å². The van der Waals surface area contributed by atoms with Gasteiger partial charge in [-0.15, -0.1) is 0 Å². The molecule has 0 saturated heterocycles. The van der Waals surface area contributed by atoms with Crippen molar-refractivity contribution in [3.63, 3.8) is 0 Å². The molecule has 0 atom stereocenters. The van der Waals surface area contributed by atoms with Crippen molar-refractivity contribution in [1.29, 1.82) is 0 Å². The maximum Gasteiger partial charge on any atom is 0.325 e. The van der Waals surface area contributed by atoms with Crippen molar-refractivity contribution < 1.29 is 9.53 Å². The van der Waals surface area contributed by atoms with Gasteiger partial charge < -0.3 is 9.64 Å². The Morgan fingerprint density at radius 3 is 2.15 bits per heavy atom. The Morgan fingerprint density at radius 2 is 1.60 bits per heavy atom. The fourth-order valence-electron chi connectivity index (χ4n) is 2.29. The smallest absolute Gasteiger partial charge is 0.325 e. The van der Waals surface area contributed by atoms with E-state index in [9.17, 15) is 4.79 Å². The van der Waals surface area contributed by atoms with Crippen LogP contribution in [0.3, 0.4) is 0 Å². The number of nitrogens with zero attached hydrogens (tertiary/aromatic N) is 1. The van der Waals surface area contributed by atoms with Crippen molar-refractivity contribution in [3.8, 4) is 0 Å². The number of hydrogen-bond acceptors (Lipinski definition) is 4. The first kappa shape index (κ1) is 13.1. The minimum Gasteiger partial charge on any atom is -0.465 e. The summed E-state index contributed by atoms with van der Waals surface area (Å²) in [6.07, 6.45) is 0. The van der Waals surface area contributed by atoms with Crippen LogP contribution in [-0.2, 0) is 9.53 Å². The third-order valence-electron chi connectivity index (χ3n) is 3.12. The zero-order valence-electron chi connectivity index (χ0n) is 11.2. The van der Waals surface area contributed by atoms with Gasteiger partial charge >= 0.3 is 5.97 Å². The highest BCUT2D eigenvalue weighted by molar-refractivity contribution is 7.99. The average molecular weight is 285 g/mol. The molecule has 0 saturated carbocycles. The maximum absolute atomic E-state index is 11.9. The molecule has 1 aliphatic rings. The van der Waals surface area contributed by atoms with E-state index in [4.69, 9.17) is 4.74 Å². The normalized spacial score (nSPS) is 12.6. The summed E-state index contributed by atoms with van der Waals surface area (Å²) in [5.74, 6) is -0.205. The molecule has 1 aliphatic heterocycles. The van der Waals surface area contributed by atoms with Gasteiger partial charge in [-0.25, -0.2) is 0 Å². The highest BCUT2D eigenvalue weighted by Crippen LogP contribution is 2.47. The molecule has 0 N–H and O–H groups in total. The third kappa shape index (κ3) is 2.39. The number of anilines is 2. The molecule has 0 bridgehead atoms. The van der Waals surface area contributed by atoms with Crippen LogP contribution in [0.15, 0.2) is 58.3 Å². The van der Waals surface area contributed by atoms with Gasteiger partial charge in [0, 0.05) is 9.79 Å². The largest absolute Gasteiger partial charge is 0.465 e. The van der Waals surface area contributed by atoms with Gasteiger partial charge in [-0.3, -0.25) is 4.79 Å². The molecule has 0 unspecified atom stereocenters. The zero-order chi connectivity index (χ0) is 13.9. The quantitative estimate of drug-likeness (QED) is 0.801. The highest BCUT2D eigenvalue weighted by Gasteiger charge is 2.24. The Kier molecular flexibility index (Phi) is 3.65. The molecule has 0 aromatic heterocycles. The van der Waals surface area contributed by atoms with Crippen molar-refractivity contribution in [2.24, 2.45) is 0 Å². The van der Waals surface area contributed by atoms with Crippen LogP contribution < -0.4 is 4.90 Å². The SMILES string of the molecule is CCOC(=O)CN1c2ccccc2Sc2ccccc21. The summed E-state index contributed by atoms with van der Waals surface area (Å²) < 4.78 is 5.09. The predicted molar refractivity (Wildman–Crippen MR) is 80.6 cm³/mol. The van der Waals surface area contributed by atoms with Crippen LogP contribution in [0.2, 0.25) is 0 Å². The van der Waals surface area contributed by atoms with Crippen molar-refractivity contribution in [2.45, 2.75) is 16.7 Å². The summed E-state index contributed by atoms with van der Waals surface area (Å²) in [7, 11) is 0. The van der Waals surface area contributed by atoms with E-state index in [0.717, 1.165) is 21.2 Å². The molecule has 1 heterocycles. The topological polar surface area (TPSA) is 29.5 Å². The minimum absolute atomic E-state index is 0.205. The zero-order valence-corrected chi connectivity index (χ0v) is 12.0. The Bertz CT molecular complexity index is 596. The fourth-order valence-corrected chi connectivity index (χ4v) is 3.38. The van der Waals surface area contributed by atoms with Gasteiger partial charge in [-0.2, -0.15) is 0 Å². The van der Waals surface area contributed by atoms with Crippen molar-refractivity contribution >= 4 is 29.1 Å². The summed E-state index contributed by atoms with van der Waals surface area (Å²) in [5.41, 5.74) is 2.12. The summed E-state index contributed by atoms with van der Waals surface area (Å²) in [4.78, 5) is 16.2. The van der Waals surface area contributed by atoms with Gasteiger partial charge in [-0.1, -0.05) is 36.0 Å². The predicted octanol–water partition coefficient (Wildman–Crippen LogP) is 3.85. The number of benzene rings is 2. The lowest BCUT2D eigenvalue weighted by Crippen LogP contribution is -2.28. The van der Waals surface area contributed by atoms with Crippen molar-refractivity contribution in [2.75, 3.05) is 18.1 Å². The lowest BCUT2D eigenvalue weighted by atomic mass is 10.2. The first-order valence-corrected chi connectivity index (χ1v) is 7.40. The van der Waals surface area contributed by atoms with E-state index in [0.29, 0.717) is 6.61 Å². The van der Waals surface area contributed by atoms with E-state index >= 15 is 0 Å². The standard InChI is InChI=1S/C16H15NO2S/c1-2-19-16(18)11-17-12-7-3-5-9-14(12)20-15-10-6-4-8-13(15)17/h3-10H,2,11H2,1H3. The number of para-hydroxylation sites is 2. The first-order valence-electron chi connectivity index (χ1n) is 6.58. The van der Waals surface area contributed by atoms with E-state index in [2.05, 4.69) is 12.1 Å². The Balaban J connectivity index is 2.01. The van der Waals surface area contributed by atoms with E-state index in [1.54, 1.807) is 11.8 Å². The third-order valence-corrected chi connectivity index (χ3v) is 4.25. The second kappa shape index (κ2) is 5.59. The van der Waals surface area contributed by atoms with Crippen LogP contribution in [0.25, 0.3) is 0 Å². The van der Waals surface area contributed by atoms with E-state index in [1.807, 2.05) is 48.2 Å². The van der Waals surface area contributed by atoms with Crippen LogP contribution in [0, 0.1) is 0 Å². The summed E-state index contributed by atoms with van der Waals surface area (Å²) in [6, 6.07) is 16.2. The van der Waals surface area contributed by atoms with Crippen LogP contribution in [0.1, 0.15) is 6.92 Å². The minimum atomic E-state index is -0.205. The lowest BCUT2D eigenvalue weighted by Gasteiger charge is -2.31. The Labute approximate surface area is 122 Å². The molecule has 0 fully saturated rings. The molecule has 3 nitrogen and oxygen atoms in total. The molecule has 4 heteroatoms. The number of hydrogen-bond donors (Lipinski definition) is 0. The second-order valence-corrected chi connectivity index (χ2v) is 5.51. The summed E-state index contributed by atoms with van der Waals surface area (Å²) >= 11 is 1.73. The van der Waals surface area contributed by atoms with Gasteiger partial charge in [0.15, 0.2) is 0 Å². The second-order valence-electron chi connectivity index (χ2n) is 4.43. The van der Waals surface area contributed by atoms with Crippen LogP contribution in [0.5, 0.6) is 0 Å². The maximum atomic E-state index is 11.9. The van der Waals surface area contributed by atoms with Gasteiger partial charge in [-0.05, 0) is 31.2 Å². The van der Waals surface area contributed by atoms with Crippen molar-refractivity contribution in [1.82, 2.24) is 0 Å². The van der Waals surface area contributed by atoms with Gasteiger partial charge in [0.05, 0.1) is 18.0 Å². The molecule has 0 spiro atoms. The summed E-state index contributed by atoms with van der Waals surface area (Å²) in [5, 5.41) is 0. The number of ether oxygens (including phenoxy) is 1. The Hall–Kier alpha value is -1.94. The number of rotatable bonds is 3. The lowest BCUT2D eigenvalue weighted by molar-refractivity contribution is -0.141. The molecular weight excluding hydrogens is 270 g/mol. The average Bonchev–Trinajstić information content (AvgIpc) is 2.47. The molecule has 2 aromatic rings. The van der Waals surface area contributed by atoms with E-state index in [-0.39, 0.29) is 12.5 Å². The molecule has 102 valence electrons. The number of esters is 1. The molecule has 3 rings (SSSR count). The van der Waals surface area contributed by atoms with Gasteiger partial charge in [0.1, 0.15) is 6.54 Å². The first-order chi connectivity index (χ1) is 9.79. The van der Waals surface area contributed by atoms with Crippen LogP contribution >= 0.6 is 11.8 Å². The number of fused-ring (bicyclic) bond motifs is 2. The molecule has 0 amide bonds. The molecule has 0 radical (unpaired) electrons. The monoisotopic (exact) mass is 285 g/mol. The number of carbonyl (C=O) groups is 1. The molecule has 0 aliphatic carbocycles. The Morgan fingerprint density at radius 1 is 1.05 bits per heavy atom. The van der Waals surface area contributed by atoms with Crippen LogP contribution in [-0.4, -0.2) is 19.1 Å².